The van der Waals surface area contributed by atoms with Gasteiger partial charge < -0.3 is 16.0 Å². The van der Waals surface area contributed by atoms with Gasteiger partial charge in [-0.3, -0.25) is 9.59 Å². The summed E-state index contributed by atoms with van der Waals surface area (Å²) in [7, 11) is 0. The molecule has 0 radical (unpaired) electrons. The molecule has 0 aromatic heterocycles. The molecule has 3 N–H and O–H groups in total. The molecule has 130 valence electrons. The van der Waals surface area contributed by atoms with Crippen LogP contribution in [0.3, 0.4) is 0 Å². The minimum atomic E-state index is -0.0580. The maximum Gasteiger partial charge on any atom is 0.225 e. The van der Waals surface area contributed by atoms with Crippen molar-refractivity contribution in [3.8, 4) is 0 Å². The fourth-order valence-corrected chi connectivity index (χ4v) is 2.79. The first-order valence-corrected chi connectivity index (χ1v) is 8.27. The maximum atomic E-state index is 12.2. The molecular weight excluding hydrogens is 302 g/mol. The van der Waals surface area contributed by atoms with Crippen LogP contribution in [0.1, 0.15) is 59.3 Å². The lowest BCUT2D eigenvalue weighted by molar-refractivity contribution is -0.136. The number of hydrogen-bond donors (Lipinski definition) is 2. The minimum absolute atomic E-state index is 0. The molecule has 0 bridgehead atoms. The van der Waals surface area contributed by atoms with E-state index in [0.717, 1.165) is 32.2 Å². The predicted octanol–water partition coefficient (Wildman–Crippen LogP) is 2.08. The number of carbonyl (C=O) groups is 2. The van der Waals surface area contributed by atoms with Gasteiger partial charge in [0.05, 0.1) is 5.92 Å². The van der Waals surface area contributed by atoms with Crippen LogP contribution in [0, 0.1) is 5.92 Å². The van der Waals surface area contributed by atoms with Gasteiger partial charge in [-0.05, 0) is 39.5 Å². The van der Waals surface area contributed by atoms with Gasteiger partial charge >= 0.3 is 0 Å². The predicted molar refractivity (Wildman–Crippen MR) is 91.9 cm³/mol. The third-order valence-corrected chi connectivity index (χ3v) is 4.07. The zero-order valence-electron chi connectivity index (χ0n) is 14.1. The van der Waals surface area contributed by atoms with Crippen LogP contribution in [-0.4, -0.2) is 41.9 Å². The van der Waals surface area contributed by atoms with Gasteiger partial charge in [0, 0.05) is 31.6 Å². The Morgan fingerprint density at radius 2 is 2.00 bits per heavy atom. The van der Waals surface area contributed by atoms with E-state index in [2.05, 4.69) is 12.2 Å². The summed E-state index contributed by atoms with van der Waals surface area (Å²) in [5, 5.41) is 3.06. The van der Waals surface area contributed by atoms with E-state index in [0.29, 0.717) is 19.4 Å². The van der Waals surface area contributed by atoms with Crippen molar-refractivity contribution in [1.82, 2.24) is 10.2 Å². The number of hydrogen-bond acceptors (Lipinski definition) is 3. The van der Waals surface area contributed by atoms with Crippen LogP contribution >= 0.6 is 12.4 Å². The SMILES string of the molecule is CCCC(C)NC(=O)C1CCCN(C(=O)CCC(C)N)C1.Cl. The molecule has 0 aliphatic carbocycles. The molecule has 22 heavy (non-hydrogen) atoms. The Morgan fingerprint density at radius 1 is 1.32 bits per heavy atom. The Hall–Kier alpha value is -0.810. The van der Waals surface area contributed by atoms with Gasteiger partial charge in [-0.15, -0.1) is 12.4 Å². The van der Waals surface area contributed by atoms with Crippen molar-refractivity contribution < 1.29 is 9.59 Å². The highest BCUT2D eigenvalue weighted by Crippen LogP contribution is 2.18. The van der Waals surface area contributed by atoms with E-state index in [1.165, 1.54) is 0 Å². The van der Waals surface area contributed by atoms with Crippen LogP contribution in [0.15, 0.2) is 0 Å². The summed E-state index contributed by atoms with van der Waals surface area (Å²) in [6, 6.07) is 0.263. The molecule has 5 nitrogen and oxygen atoms in total. The van der Waals surface area contributed by atoms with Crippen LogP contribution in [0.2, 0.25) is 0 Å². The van der Waals surface area contributed by atoms with Gasteiger partial charge in [0.1, 0.15) is 0 Å². The molecule has 1 saturated heterocycles. The molecule has 3 atom stereocenters. The first-order valence-electron chi connectivity index (χ1n) is 8.27. The summed E-state index contributed by atoms with van der Waals surface area (Å²) in [6.07, 6.45) is 5.04. The standard InChI is InChI=1S/C16H31N3O2.ClH/c1-4-6-13(3)18-16(21)14-7-5-10-19(11-14)15(20)9-8-12(2)17;/h12-14H,4-11,17H2,1-3H3,(H,18,21);1H. The van der Waals surface area contributed by atoms with Gasteiger partial charge in [0.25, 0.3) is 0 Å². The number of piperidine rings is 1. The largest absolute Gasteiger partial charge is 0.353 e. The van der Waals surface area contributed by atoms with Crippen LogP contribution in [0.4, 0.5) is 0 Å². The van der Waals surface area contributed by atoms with Crippen molar-refractivity contribution >= 4 is 24.2 Å². The molecule has 6 heteroatoms. The summed E-state index contributed by atoms with van der Waals surface area (Å²) >= 11 is 0. The van der Waals surface area contributed by atoms with Crippen LogP contribution < -0.4 is 11.1 Å². The fourth-order valence-electron chi connectivity index (χ4n) is 2.79. The molecule has 0 aromatic carbocycles. The Bertz CT molecular complexity index is 350. The van der Waals surface area contributed by atoms with Crippen molar-refractivity contribution in [3.63, 3.8) is 0 Å². The highest BCUT2D eigenvalue weighted by molar-refractivity contribution is 5.85. The second-order valence-electron chi connectivity index (χ2n) is 6.39. The van der Waals surface area contributed by atoms with Crippen LogP contribution in [0.5, 0.6) is 0 Å². The second-order valence-corrected chi connectivity index (χ2v) is 6.39. The normalized spacial score (nSPS) is 20.7. The van der Waals surface area contributed by atoms with Gasteiger partial charge in [0.2, 0.25) is 11.8 Å². The van der Waals surface area contributed by atoms with Crippen molar-refractivity contribution in [3.05, 3.63) is 0 Å². The maximum absolute atomic E-state index is 12.2. The van der Waals surface area contributed by atoms with E-state index < -0.39 is 0 Å². The average Bonchev–Trinajstić information content (AvgIpc) is 2.45. The topological polar surface area (TPSA) is 75.4 Å². The third kappa shape index (κ3) is 7.45. The monoisotopic (exact) mass is 333 g/mol. The van der Waals surface area contributed by atoms with E-state index in [-0.39, 0.29) is 42.2 Å². The lowest BCUT2D eigenvalue weighted by Crippen LogP contribution is -2.47. The number of nitrogens with one attached hydrogen (secondary N) is 1. The fraction of sp³-hybridized carbons (Fsp3) is 0.875. The molecule has 1 aliphatic heterocycles. The third-order valence-electron chi connectivity index (χ3n) is 4.07. The van der Waals surface area contributed by atoms with Crippen molar-refractivity contribution in [2.24, 2.45) is 11.7 Å². The summed E-state index contributed by atoms with van der Waals surface area (Å²) in [5.41, 5.74) is 5.69. The van der Waals surface area contributed by atoms with Crippen molar-refractivity contribution in [2.75, 3.05) is 13.1 Å². The van der Waals surface area contributed by atoms with E-state index >= 15 is 0 Å². The summed E-state index contributed by atoms with van der Waals surface area (Å²) in [5.74, 6) is 0.171. The van der Waals surface area contributed by atoms with Gasteiger partial charge in [-0.2, -0.15) is 0 Å². The van der Waals surface area contributed by atoms with Crippen LogP contribution in [-0.2, 0) is 9.59 Å². The van der Waals surface area contributed by atoms with E-state index in [4.69, 9.17) is 5.73 Å². The minimum Gasteiger partial charge on any atom is -0.353 e. The first kappa shape index (κ1) is 21.2. The number of carbonyl (C=O) groups excluding carboxylic acids is 2. The van der Waals surface area contributed by atoms with E-state index in [9.17, 15) is 9.59 Å². The lowest BCUT2D eigenvalue weighted by Gasteiger charge is -2.33. The lowest BCUT2D eigenvalue weighted by atomic mass is 9.96. The Kier molecular flexibility index (Phi) is 10.4. The molecule has 1 rings (SSSR count). The number of rotatable bonds is 7. The molecule has 0 aromatic rings. The van der Waals surface area contributed by atoms with Crippen LogP contribution in [0.25, 0.3) is 0 Å². The average molecular weight is 334 g/mol. The Balaban J connectivity index is 0.00000441. The first-order chi connectivity index (χ1) is 9.93. The molecule has 0 saturated carbocycles. The van der Waals surface area contributed by atoms with Gasteiger partial charge in [-0.25, -0.2) is 0 Å². The molecule has 1 aliphatic rings. The number of nitrogens with zero attached hydrogens (tertiary/aromatic N) is 1. The van der Waals surface area contributed by atoms with Gasteiger partial charge in [0.15, 0.2) is 0 Å². The summed E-state index contributed by atoms with van der Waals surface area (Å²) < 4.78 is 0. The highest BCUT2D eigenvalue weighted by atomic mass is 35.5. The molecule has 3 unspecified atom stereocenters. The quantitative estimate of drug-likeness (QED) is 0.749. The number of likely N-dealkylation sites (tertiary alicyclic amines) is 1. The highest BCUT2D eigenvalue weighted by Gasteiger charge is 2.28. The van der Waals surface area contributed by atoms with Gasteiger partial charge in [-0.1, -0.05) is 13.3 Å². The smallest absolute Gasteiger partial charge is 0.225 e. The van der Waals surface area contributed by atoms with Crippen molar-refractivity contribution in [1.29, 1.82) is 0 Å². The second kappa shape index (κ2) is 10.8. The number of nitrogens with two attached hydrogens (primary N) is 1. The molecule has 1 heterocycles. The van der Waals surface area contributed by atoms with E-state index in [1.54, 1.807) is 0 Å². The Labute approximate surface area is 140 Å². The molecule has 1 fully saturated rings. The van der Waals surface area contributed by atoms with E-state index in [1.807, 2.05) is 18.7 Å². The zero-order valence-corrected chi connectivity index (χ0v) is 15.0. The molecular formula is C16H32ClN3O2. The van der Waals surface area contributed by atoms with Crippen molar-refractivity contribution in [2.45, 2.75) is 71.4 Å². The molecule has 0 spiro atoms. The summed E-state index contributed by atoms with van der Waals surface area (Å²) in [4.78, 5) is 26.2. The summed E-state index contributed by atoms with van der Waals surface area (Å²) in [6.45, 7) is 7.39. The number of amides is 2. The zero-order chi connectivity index (χ0) is 15.8. The molecule has 2 amide bonds. The number of halogens is 1. The Morgan fingerprint density at radius 3 is 2.59 bits per heavy atom.